The summed E-state index contributed by atoms with van der Waals surface area (Å²) in [5, 5.41) is 0. The summed E-state index contributed by atoms with van der Waals surface area (Å²) in [7, 11) is 4.27. The largest absolute Gasteiger partial charge is 0.309 e. The lowest BCUT2D eigenvalue weighted by atomic mass is 10.1. The maximum absolute atomic E-state index is 2.56. The minimum absolute atomic E-state index is 0.877. The maximum atomic E-state index is 2.56. The summed E-state index contributed by atoms with van der Waals surface area (Å²) >= 11 is 0. The van der Waals surface area contributed by atoms with Crippen LogP contribution >= 0.6 is 0 Å². The number of nitrogens with zero attached hydrogens (tertiary/aromatic N) is 2. The molecule has 0 aromatic heterocycles. The minimum atomic E-state index is 0.877. The van der Waals surface area contributed by atoms with Crippen LogP contribution in [0.5, 0.6) is 0 Å². The van der Waals surface area contributed by atoms with Gasteiger partial charge in [-0.25, -0.2) is 0 Å². The van der Waals surface area contributed by atoms with Gasteiger partial charge in [0.05, 0.1) is 0 Å². The average Bonchev–Trinajstić information content (AvgIpc) is 2.32. The molecule has 128 valence electrons. The molecule has 0 spiro atoms. The van der Waals surface area contributed by atoms with Crippen LogP contribution in [0.1, 0.15) is 72.6 Å². The van der Waals surface area contributed by atoms with E-state index in [2.05, 4.69) is 51.6 Å². The van der Waals surface area contributed by atoms with Gasteiger partial charge < -0.3 is 9.80 Å². The third-order valence-electron chi connectivity index (χ3n) is 4.09. The predicted octanol–water partition coefficient (Wildman–Crippen LogP) is 4.89. The standard InChI is InChI=1S/C10H21N.C9H21N/c1-10(2)6-3-4-7-11-8-5-9-11;1-9(2)7-5-6-8-10(3)4/h10H,3-9H2,1-2H3;9H,5-8H2,1-4H3. The van der Waals surface area contributed by atoms with Crippen molar-refractivity contribution < 1.29 is 0 Å². The van der Waals surface area contributed by atoms with Crippen molar-refractivity contribution in [1.82, 2.24) is 9.80 Å². The molecule has 1 fully saturated rings. The molecule has 1 aliphatic rings. The van der Waals surface area contributed by atoms with Crippen LogP contribution in [-0.2, 0) is 0 Å². The Hall–Kier alpha value is -0.0800. The van der Waals surface area contributed by atoms with Crippen molar-refractivity contribution in [2.24, 2.45) is 11.8 Å². The topological polar surface area (TPSA) is 6.48 Å². The molecule has 2 heteroatoms. The summed E-state index contributed by atoms with van der Waals surface area (Å²) < 4.78 is 0. The normalized spacial score (nSPS) is 15.3. The van der Waals surface area contributed by atoms with Crippen molar-refractivity contribution in [1.29, 1.82) is 0 Å². The van der Waals surface area contributed by atoms with Crippen molar-refractivity contribution in [2.75, 3.05) is 40.3 Å². The molecule has 0 amide bonds. The van der Waals surface area contributed by atoms with Gasteiger partial charge in [0.1, 0.15) is 0 Å². The monoisotopic (exact) mass is 298 g/mol. The van der Waals surface area contributed by atoms with Crippen LogP contribution in [-0.4, -0.2) is 50.1 Å². The zero-order chi connectivity index (χ0) is 16.1. The summed E-state index contributed by atoms with van der Waals surface area (Å²) in [6.07, 6.45) is 9.80. The lowest BCUT2D eigenvalue weighted by Crippen LogP contribution is -2.37. The lowest BCUT2D eigenvalue weighted by Gasteiger charge is -2.30. The van der Waals surface area contributed by atoms with E-state index < -0.39 is 0 Å². The van der Waals surface area contributed by atoms with Crippen LogP contribution in [0.4, 0.5) is 0 Å². The SMILES string of the molecule is CC(C)CCCCN(C)C.CC(C)CCCCN1CCC1. The van der Waals surface area contributed by atoms with Gasteiger partial charge in [-0.2, -0.15) is 0 Å². The van der Waals surface area contributed by atoms with Crippen LogP contribution in [0.2, 0.25) is 0 Å². The van der Waals surface area contributed by atoms with Crippen molar-refractivity contribution in [2.45, 2.75) is 72.6 Å². The lowest BCUT2D eigenvalue weighted by molar-refractivity contribution is 0.177. The van der Waals surface area contributed by atoms with E-state index in [9.17, 15) is 0 Å². The van der Waals surface area contributed by atoms with E-state index in [0.717, 1.165) is 11.8 Å². The molecular weight excluding hydrogens is 256 g/mol. The quantitative estimate of drug-likeness (QED) is 0.530. The van der Waals surface area contributed by atoms with Gasteiger partial charge in [-0.15, -0.1) is 0 Å². The summed E-state index contributed by atoms with van der Waals surface area (Å²) in [5.74, 6) is 1.77. The third kappa shape index (κ3) is 16.1. The zero-order valence-corrected chi connectivity index (χ0v) is 15.8. The van der Waals surface area contributed by atoms with Crippen molar-refractivity contribution >= 4 is 0 Å². The van der Waals surface area contributed by atoms with Crippen LogP contribution in [0.15, 0.2) is 0 Å². The van der Waals surface area contributed by atoms with Gasteiger partial charge in [0, 0.05) is 0 Å². The molecule has 0 saturated carbocycles. The molecular formula is C19H42N2. The van der Waals surface area contributed by atoms with Gasteiger partial charge in [-0.05, 0) is 71.4 Å². The highest BCUT2D eigenvalue weighted by Crippen LogP contribution is 2.10. The van der Waals surface area contributed by atoms with E-state index >= 15 is 0 Å². The number of likely N-dealkylation sites (tertiary alicyclic amines) is 1. The fraction of sp³-hybridized carbons (Fsp3) is 1.00. The Morgan fingerprint density at radius 1 is 0.810 bits per heavy atom. The van der Waals surface area contributed by atoms with Crippen LogP contribution in [0, 0.1) is 11.8 Å². The Bertz CT molecular complexity index is 198. The number of unbranched alkanes of at least 4 members (excludes halogenated alkanes) is 2. The molecule has 0 aliphatic carbocycles. The first-order valence-corrected chi connectivity index (χ1v) is 9.29. The number of hydrogen-bond donors (Lipinski definition) is 0. The molecule has 1 aliphatic heterocycles. The van der Waals surface area contributed by atoms with E-state index in [1.54, 1.807) is 0 Å². The van der Waals surface area contributed by atoms with E-state index in [-0.39, 0.29) is 0 Å². The first kappa shape index (κ1) is 20.9. The van der Waals surface area contributed by atoms with Crippen molar-refractivity contribution in [3.63, 3.8) is 0 Å². The van der Waals surface area contributed by atoms with Gasteiger partial charge in [-0.3, -0.25) is 0 Å². The van der Waals surface area contributed by atoms with E-state index in [0.29, 0.717) is 0 Å². The van der Waals surface area contributed by atoms with Crippen LogP contribution in [0.25, 0.3) is 0 Å². The average molecular weight is 299 g/mol. The van der Waals surface area contributed by atoms with E-state index in [1.165, 1.54) is 71.1 Å². The van der Waals surface area contributed by atoms with Gasteiger partial charge in [0.2, 0.25) is 0 Å². The fourth-order valence-corrected chi connectivity index (χ4v) is 2.47. The van der Waals surface area contributed by atoms with E-state index in [4.69, 9.17) is 0 Å². The van der Waals surface area contributed by atoms with Crippen LogP contribution < -0.4 is 0 Å². The van der Waals surface area contributed by atoms with Crippen molar-refractivity contribution in [3.8, 4) is 0 Å². The van der Waals surface area contributed by atoms with Gasteiger partial charge in [0.15, 0.2) is 0 Å². The first-order valence-electron chi connectivity index (χ1n) is 9.29. The van der Waals surface area contributed by atoms with Crippen molar-refractivity contribution in [3.05, 3.63) is 0 Å². The summed E-state index contributed by atoms with van der Waals surface area (Å²) in [4.78, 5) is 4.81. The fourth-order valence-electron chi connectivity index (χ4n) is 2.47. The highest BCUT2D eigenvalue weighted by molar-refractivity contribution is 4.67. The molecule has 1 rings (SSSR count). The second-order valence-electron chi connectivity index (χ2n) is 7.78. The molecule has 0 radical (unpaired) electrons. The van der Waals surface area contributed by atoms with Gasteiger partial charge in [0.25, 0.3) is 0 Å². The molecule has 0 atom stereocenters. The Balaban J connectivity index is 0.000000384. The molecule has 2 nitrogen and oxygen atoms in total. The molecule has 0 bridgehead atoms. The molecule has 0 aromatic rings. The first-order chi connectivity index (χ1) is 9.91. The Kier molecular flexibility index (Phi) is 13.5. The Morgan fingerprint density at radius 3 is 1.71 bits per heavy atom. The summed E-state index contributed by atoms with van der Waals surface area (Å²) in [6.45, 7) is 14.5. The zero-order valence-electron chi connectivity index (χ0n) is 15.8. The Labute approximate surface area is 135 Å². The summed E-state index contributed by atoms with van der Waals surface area (Å²) in [5.41, 5.74) is 0. The second-order valence-corrected chi connectivity index (χ2v) is 7.78. The smallest absolute Gasteiger partial charge is 0.000654 e. The second kappa shape index (κ2) is 13.6. The third-order valence-corrected chi connectivity index (χ3v) is 4.09. The van der Waals surface area contributed by atoms with Crippen LogP contribution in [0.3, 0.4) is 0 Å². The van der Waals surface area contributed by atoms with Gasteiger partial charge >= 0.3 is 0 Å². The Morgan fingerprint density at radius 2 is 1.33 bits per heavy atom. The molecule has 0 aromatic carbocycles. The predicted molar refractivity (Wildman–Crippen MR) is 97.0 cm³/mol. The summed E-state index contributed by atoms with van der Waals surface area (Å²) in [6, 6.07) is 0. The molecule has 0 N–H and O–H groups in total. The highest BCUT2D eigenvalue weighted by Gasteiger charge is 2.11. The maximum Gasteiger partial charge on any atom is -0.000654 e. The van der Waals surface area contributed by atoms with E-state index in [1.807, 2.05) is 0 Å². The van der Waals surface area contributed by atoms with Gasteiger partial charge in [-0.1, -0.05) is 53.4 Å². The molecule has 1 heterocycles. The molecule has 21 heavy (non-hydrogen) atoms. The molecule has 0 unspecified atom stereocenters. The highest BCUT2D eigenvalue weighted by atomic mass is 15.2. The number of hydrogen-bond acceptors (Lipinski definition) is 2. The minimum Gasteiger partial charge on any atom is -0.309 e. The molecule has 1 saturated heterocycles. The number of rotatable bonds is 10.